The van der Waals surface area contributed by atoms with Crippen molar-refractivity contribution in [1.29, 1.82) is 0 Å². The molecule has 0 saturated carbocycles. The minimum atomic E-state index is -0.0770. The van der Waals surface area contributed by atoms with Crippen LogP contribution >= 0.6 is 11.8 Å². The van der Waals surface area contributed by atoms with E-state index in [4.69, 9.17) is 9.15 Å². The van der Waals surface area contributed by atoms with Gasteiger partial charge in [-0.05, 0) is 48.5 Å². The van der Waals surface area contributed by atoms with Crippen LogP contribution in [-0.4, -0.2) is 47.0 Å². The highest BCUT2D eigenvalue weighted by Crippen LogP contribution is 2.24. The van der Waals surface area contributed by atoms with Crippen LogP contribution in [0.1, 0.15) is 25.0 Å². The van der Waals surface area contributed by atoms with Crippen molar-refractivity contribution < 1.29 is 13.9 Å². The van der Waals surface area contributed by atoms with Gasteiger partial charge >= 0.3 is 0 Å². The second-order valence-corrected chi connectivity index (χ2v) is 7.82. The van der Waals surface area contributed by atoms with Gasteiger partial charge in [0.05, 0.1) is 12.9 Å². The molecular weight excluding hydrogens is 412 g/mol. The van der Waals surface area contributed by atoms with E-state index in [1.807, 2.05) is 36.4 Å². The molecule has 1 N–H and O–H groups in total. The smallest absolute Gasteiger partial charge is 0.277 e. The third-order valence-corrected chi connectivity index (χ3v) is 5.77. The average Bonchev–Trinajstić information content (AvgIpc) is 3.29. The van der Waals surface area contributed by atoms with E-state index in [2.05, 4.69) is 46.4 Å². The number of benzene rings is 2. The van der Waals surface area contributed by atoms with E-state index in [0.717, 1.165) is 36.5 Å². The molecule has 2 aromatic carbocycles. The van der Waals surface area contributed by atoms with Crippen molar-refractivity contribution in [3.8, 4) is 17.2 Å². The zero-order chi connectivity index (χ0) is 22.1. The summed E-state index contributed by atoms with van der Waals surface area (Å²) in [5, 5.41) is 11.4. The van der Waals surface area contributed by atoms with Gasteiger partial charge < -0.3 is 14.5 Å². The van der Waals surface area contributed by atoms with Gasteiger partial charge in [-0.2, -0.15) is 0 Å². The number of nitrogens with zero attached hydrogens (tertiary/aromatic N) is 3. The largest absolute Gasteiger partial charge is 0.497 e. The maximum absolute atomic E-state index is 12.3. The summed E-state index contributed by atoms with van der Waals surface area (Å²) in [4.78, 5) is 14.7. The lowest BCUT2D eigenvalue weighted by Gasteiger charge is -2.20. The molecule has 0 radical (unpaired) electrons. The van der Waals surface area contributed by atoms with Crippen LogP contribution < -0.4 is 10.1 Å². The monoisotopic (exact) mass is 440 g/mol. The maximum Gasteiger partial charge on any atom is 0.277 e. The Labute approximate surface area is 187 Å². The van der Waals surface area contributed by atoms with Crippen LogP contribution in [0.15, 0.2) is 58.2 Å². The van der Waals surface area contributed by atoms with Crippen molar-refractivity contribution in [3.63, 3.8) is 0 Å². The molecule has 1 heterocycles. The van der Waals surface area contributed by atoms with Crippen LogP contribution in [0.2, 0.25) is 0 Å². The molecule has 0 bridgehead atoms. The number of ether oxygens (including phenoxy) is 1. The molecule has 7 nitrogen and oxygen atoms in total. The second-order valence-electron chi connectivity index (χ2n) is 6.90. The Bertz CT molecular complexity index is 971. The fourth-order valence-corrected chi connectivity index (χ4v) is 3.66. The van der Waals surface area contributed by atoms with Gasteiger partial charge in [0.1, 0.15) is 5.75 Å². The van der Waals surface area contributed by atoms with Crippen molar-refractivity contribution >= 4 is 17.7 Å². The van der Waals surface area contributed by atoms with Gasteiger partial charge in [0, 0.05) is 18.7 Å². The number of carbonyl (C=O) groups excluding carboxylic acids is 1. The second kappa shape index (κ2) is 11.5. The SMILES string of the molecule is CCN(CC)Cc1ccccc1CNC(=O)CSc1nnc(-c2ccc(OC)cc2)o1. The number of aromatic nitrogens is 2. The number of nitrogens with one attached hydrogen (secondary N) is 1. The van der Waals surface area contributed by atoms with Gasteiger partial charge in [0.15, 0.2) is 0 Å². The lowest BCUT2D eigenvalue weighted by atomic mass is 10.1. The highest BCUT2D eigenvalue weighted by atomic mass is 32.2. The number of hydrogen-bond donors (Lipinski definition) is 1. The Hall–Kier alpha value is -2.84. The van der Waals surface area contributed by atoms with Crippen LogP contribution in [-0.2, 0) is 17.9 Å². The van der Waals surface area contributed by atoms with Crippen molar-refractivity contribution in [3.05, 3.63) is 59.7 Å². The first-order valence-corrected chi connectivity index (χ1v) is 11.3. The summed E-state index contributed by atoms with van der Waals surface area (Å²) in [6.45, 7) is 7.68. The standard InChI is InChI=1S/C23H28N4O3S/c1-4-27(5-2)15-19-9-7-6-8-18(19)14-24-21(28)16-31-23-26-25-22(30-23)17-10-12-20(29-3)13-11-17/h6-13H,4-5,14-16H2,1-3H3,(H,24,28). The summed E-state index contributed by atoms with van der Waals surface area (Å²) >= 11 is 1.22. The third kappa shape index (κ3) is 6.57. The normalized spacial score (nSPS) is 11.0. The molecule has 3 aromatic rings. The lowest BCUT2D eigenvalue weighted by molar-refractivity contribution is -0.118. The Kier molecular flexibility index (Phi) is 8.49. The van der Waals surface area contributed by atoms with Crippen LogP contribution in [0.3, 0.4) is 0 Å². The molecule has 0 aliphatic carbocycles. The first kappa shape index (κ1) is 22.8. The number of methoxy groups -OCH3 is 1. The van der Waals surface area contributed by atoms with E-state index in [1.54, 1.807) is 7.11 Å². The average molecular weight is 441 g/mol. The molecular formula is C23H28N4O3S. The van der Waals surface area contributed by atoms with Gasteiger partial charge in [0.2, 0.25) is 11.8 Å². The van der Waals surface area contributed by atoms with E-state index in [1.165, 1.54) is 17.3 Å². The molecule has 164 valence electrons. The van der Waals surface area contributed by atoms with Crippen molar-refractivity contribution in [2.45, 2.75) is 32.2 Å². The first-order chi connectivity index (χ1) is 15.1. The summed E-state index contributed by atoms with van der Waals surface area (Å²) < 4.78 is 10.8. The number of carbonyl (C=O) groups is 1. The summed E-state index contributed by atoms with van der Waals surface area (Å²) in [6, 6.07) is 15.6. The predicted molar refractivity (Wildman–Crippen MR) is 122 cm³/mol. The third-order valence-electron chi connectivity index (χ3n) is 4.95. The quantitative estimate of drug-likeness (QED) is 0.452. The van der Waals surface area contributed by atoms with E-state index >= 15 is 0 Å². The van der Waals surface area contributed by atoms with E-state index in [9.17, 15) is 4.79 Å². The molecule has 8 heteroatoms. The van der Waals surface area contributed by atoms with Crippen LogP contribution in [0.5, 0.6) is 5.75 Å². The van der Waals surface area contributed by atoms with Crippen LogP contribution in [0.4, 0.5) is 0 Å². The fraction of sp³-hybridized carbons (Fsp3) is 0.348. The predicted octanol–water partition coefficient (Wildman–Crippen LogP) is 4.00. The van der Waals surface area contributed by atoms with Gasteiger partial charge in [0.25, 0.3) is 5.22 Å². The minimum absolute atomic E-state index is 0.0770. The molecule has 1 amide bonds. The summed E-state index contributed by atoms with van der Waals surface area (Å²) in [5.74, 6) is 1.30. The zero-order valence-electron chi connectivity index (χ0n) is 18.1. The first-order valence-electron chi connectivity index (χ1n) is 10.3. The van der Waals surface area contributed by atoms with Crippen molar-refractivity contribution in [2.75, 3.05) is 26.0 Å². The van der Waals surface area contributed by atoms with Crippen LogP contribution in [0, 0.1) is 0 Å². The molecule has 0 aliphatic heterocycles. The minimum Gasteiger partial charge on any atom is -0.497 e. The van der Waals surface area contributed by atoms with Crippen LogP contribution in [0.25, 0.3) is 11.5 Å². The van der Waals surface area contributed by atoms with Gasteiger partial charge in [-0.1, -0.05) is 49.9 Å². The topological polar surface area (TPSA) is 80.5 Å². The Morgan fingerprint density at radius 3 is 2.45 bits per heavy atom. The molecule has 3 rings (SSSR count). The molecule has 1 aromatic heterocycles. The molecule has 0 unspecified atom stereocenters. The number of amides is 1. The summed E-state index contributed by atoms with van der Waals surface area (Å²) in [7, 11) is 1.62. The van der Waals surface area contributed by atoms with Crippen molar-refractivity contribution in [2.24, 2.45) is 0 Å². The summed E-state index contributed by atoms with van der Waals surface area (Å²) in [6.07, 6.45) is 0. The molecule has 31 heavy (non-hydrogen) atoms. The van der Waals surface area contributed by atoms with Crippen molar-refractivity contribution in [1.82, 2.24) is 20.4 Å². The van der Waals surface area contributed by atoms with E-state index in [0.29, 0.717) is 17.7 Å². The number of rotatable bonds is 11. The zero-order valence-corrected chi connectivity index (χ0v) is 18.9. The maximum atomic E-state index is 12.3. The van der Waals surface area contributed by atoms with Gasteiger partial charge in [-0.3, -0.25) is 9.69 Å². The van der Waals surface area contributed by atoms with E-state index in [-0.39, 0.29) is 11.7 Å². The Morgan fingerprint density at radius 2 is 1.77 bits per heavy atom. The Balaban J connectivity index is 1.50. The number of thioether (sulfide) groups is 1. The highest BCUT2D eigenvalue weighted by molar-refractivity contribution is 7.99. The molecule has 0 saturated heterocycles. The number of hydrogen-bond acceptors (Lipinski definition) is 7. The van der Waals surface area contributed by atoms with E-state index < -0.39 is 0 Å². The summed E-state index contributed by atoms with van der Waals surface area (Å²) in [5.41, 5.74) is 3.17. The molecule has 0 aliphatic rings. The lowest BCUT2D eigenvalue weighted by Crippen LogP contribution is -2.27. The van der Waals surface area contributed by atoms with Gasteiger partial charge in [-0.25, -0.2) is 0 Å². The molecule has 0 atom stereocenters. The fourth-order valence-electron chi connectivity index (χ4n) is 3.06. The highest BCUT2D eigenvalue weighted by Gasteiger charge is 2.12. The molecule has 0 fully saturated rings. The van der Waals surface area contributed by atoms with Gasteiger partial charge in [-0.15, -0.1) is 10.2 Å². The molecule has 0 spiro atoms. The Morgan fingerprint density at radius 1 is 1.06 bits per heavy atom.